The number of carbonyl (C=O) groups excluding carboxylic acids is 2. The Morgan fingerprint density at radius 3 is 2.05 bits per heavy atom. The number of piperidine rings is 1. The molecule has 0 radical (unpaired) electrons. The van der Waals surface area contributed by atoms with Crippen LogP contribution in [-0.4, -0.2) is 67.7 Å². The Kier molecular flexibility index (Phi) is 7.28. The van der Waals surface area contributed by atoms with E-state index in [-0.39, 0.29) is 23.6 Å². The fourth-order valence-electron chi connectivity index (χ4n) is 5.90. The first-order valence-electron chi connectivity index (χ1n) is 13.0. The summed E-state index contributed by atoms with van der Waals surface area (Å²) in [4.78, 5) is 59.9. The molecule has 0 aromatic heterocycles. The van der Waals surface area contributed by atoms with Gasteiger partial charge in [-0.25, -0.2) is 9.59 Å². The summed E-state index contributed by atoms with van der Waals surface area (Å²) in [6.07, 6.45) is 1.51. The predicted molar refractivity (Wildman–Crippen MR) is 143 cm³/mol. The molecule has 1 fully saturated rings. The van der Waals surface area contributed by atoms with Gasteiger partial charge in [0.05, 0.1) is 11.6 Å². The third-order valence-corrected chi connectivity index (χ3v) is 7.93. The smallest absolute Gasteiger partial charge is 0.350 e. The summed E-state index contributed by atoms with van der Waals surface area (Å²) in [7, 11) is 0. The van der Waals surface area contributed by atoms with E-state index in [1.165, 1.54) is 53.6 Å². The number of aliphatic carboxylic acids is 2. The van der Waals surface area contributed by atoms with Crippen LogP contribution in [0.2, 0.25) is 0 Å². The topological polar surface area (TPSA) is 165 Å². The van der Waals surface area contributed by atoms with Crippen molar-refractivity contribution in [2.75, 3.05) is 6.54 Å². The third kappa shape index (κ3) is 4.40. The molecule has 1 aliphatic heterocycles. The molecule has 0 amide bonds. The molecule has 1 heterocycles. The summed E-state index contributed by atoms with van der Waals surface area (Å²) in [6, 6.07) is 20.6. The number of carboxylic acids is 2. The van der Waals surface area contributed by atoms with E-state index >= 15 is 0 Å². The fourth-order valence-corrected chi connectivity index (χ4v) is 5.90. The normalized spacial score (nSPS) is 20.9. The van der Waals surface area contributed by atoms with Crippen LogP contribution < -0.4 is 0 Å². The first-order chi connectivity index (χ1) is 19.6. The number of carbonyl (C=O) groups is 4. The van der Waals surface area contributed by atoms with Crippen molar-refractivity contribution >= 4 is 23.5 Å². The molecule has 1 saturated heterocycles. The largest absolute Gasteiger partial charge is 0.479 e. The minimum Gasteiger partial charge on any atom is -0.479 e. The van der Waals surface area contributed by atoms with Crippen molar-refractivity contribution in [3.63, 3.8) is 0 Å². The summed E-state index contributed by atoms with van der Waals surface area (Å²) in [5.41, 5.74) is -5.81. The highest BCUT2D eigenvalue weighted by atomic mass is 16.7. The van der Waals surface area contributed by atoms with Crippen molar-refractivity contribution in [1.82, 2.24) is 5.06 Å². The summed E-state index contributed by atoms with van der Waals surface area (Å²) >= 11 is 0. The first-order valence-corrected chi connectivity index (χ1v) is 13.0. The van der Waals surface area contributed by atoms with Gasteiger partial charge >= 0.3 is 11.9 Å². The van der Waals surface area contributed by atoms with Crippen molar-refractivity contribution < 1.29 is 39.3 Å². The Morgan fingerprint density at radius 1 is 0.878 bits per heavy atom. The zero-order valence-electron chi connectivity index (χ0n) is 21.8. The van der Waals surface area contributed by atoms with Crippen LogP contribution in [0.1, 0.15) is 56.2 Å². The van der Waals surface area contributed by atoms with E-state index in [2.05, 4.69) is 6.07 Å². The Hall–Kier alpha value is -4.69. The van der Waals surface area contributed by atoms with Crippen molar-refractivity contribution in [1.29, 1.82) is 5.26 Å². The molecule has 3 aromatic rings. The van der Waals surface area contributed by atoms with Crippen LogP contribution in [0.15, 0.2) is 78.9 Å². The third-order valence-electron chi connectivity index (χ3n) is 7.93. The van der Waals surface area contributed by atoms with E-state index in [4.69, 9.17) is 4.84 Å². The number of nitrogens with zero attached hydrogens (tertiary/aromatic N) is 2. The molecular weight excluding hydrogens is 528 g/mol. The second kappa shape index (κ2) is 10.7. The van der Waals surface area contributed by atoms with E-state index in [9.17, 15) is 39.8 Å². The van der Waals surface area contributed by atoms with Crippen LogP contribution >= 0.6 is 0 Å². The fraction of sp³-hybridized carbons (Fsp3) is 0.258. The number of carboxylic acid groups (broad SMARTS) is 2. The second-order valence-electron chi connectivity index (χ2n) is 10.2. The Labute approximate surface area is 235 Å². The molecule has 1 aliphatic carbocycles. The summed E-state index contributed by atoms with van der Waals surface area (Å²) in [5, 5.41) is 43.4. The average Bonchev–Trinajstić information content (AvgIpc) is 3.38. The zero-order valence-corrected chi connectivity index (χ0v) is 21.8. The molecule has 208 valence electrons. The van der Waals surface area contributed by atoms with Gasteiger partial charge in [-0.05, 0) is 42.5 Å². The highest BCUT2D eigenvalue weighted by Gasteiger charge is 2.73. The van der Waals surface area contributed by atoms with E-state index in [0.717, 1.165) is 11.1 Å². The standard InChI is InChI=1S/C31H26N2O8/c32-18-19-13-14-22-17-25-23(24(22)16-19)12-7-15-33(25)41-31(29(38)39,27(35)21-10-5-2-6-11-21)30(40,28(36)37)26(34)20-8-3-1-4-9-20/h1-6,8-11,13-14,16,23,25,40H,7,12,15,17H2,(H,36,37)(H,38,39). The molecular formula is C31H26N2O8. The minimum absolute atomic E-state index is 0.104. The van der Waals surface area contributed by atoms with Crippen LogP contribution in [0.4, 0.5) is 0 Å². The lowest BCUT2D eigenvalue weighted by Crippen LogP contribution is -2.74. The molecule has 0 bridgehead atoms. The number of hydroxylamine groups is 2. The van der Waals surface area contributed by atoms with Crippen LogP contribution in [-0.2, 0) is 20.8 Å². The molecule has 3 N–H and O–H groups in total. The molecule has 4 atom stereocenters. The van der Waals surface area contributed by atoms with E-state index < -0.39 is 40.7 Å². The number of ketones is 2. The molecule has 3 aromatic carbocycles. The van der Waals surface area contributed by atoms with Gasteiger partial charge in [-0.1, -0.05) is 66.7 Å². The molecule has 0 saturated carbocycles. The molecule has 4 unspecified atom stereocenters. The Bertz CT molecular complexity index is 1570. The number of benzene rings is 3. The van der Waals surface area contributed by atoms with Gasteiger partial charge in [-0.2, -0.15) is 10.3 Å². The first kappa shape index (κ1) is 27.9. The van der Waals surface area contributed by atoms with Crippen LogP contribution in [0, 0.1) is 11.3 Å². The quantitative estimate of drug-likeness (QED) is 0.264. The van der Waals surface area contributed by atoms with Gasteiger partial charge < -0.3 is 15.3 Å². The van der Waals surface area contributed by atoms with Gasteiger partial charge in [0.25, 0.3) is 11.2 Å². The number of hydrogen-bond acceptors (Lipinski definition) is 8. The van der Waals surface area contributed by atoms with Crippen LogP contribution in [0.3, 0.4) is 0 Å². The van der Waals surface area contributed by atoms with Crippen molar-refractivity contribution in [2.24, 2.45) is 0 Å². The lowest BCUT2D eigenvalue weighted by Gasteiger charge is -2.45. The molecule has 2 aliphatic rings. The maximum absolute atomic E-state index is 14.1. The molecule has 41 heavy (non-hydrogen) atoms. The van der Waals surface area contributed by atoms with Gasteiger partial charge in [-0.15, -0.1) is 0 Å². The number of fused-ring (bicyclic) bond motifs is 3. The summed E-state index contributed by atoms with van der Waals surface area (Å²) in [6.45, 7) is 0.104. The Balaban J connectivity index is 1.67. The molecule has 5 rings (SSSR count). The zero-order chi connectivity index (χ0) is 29.4. The summed E-state index contributed by atoms with van der Waals surface area (Å²) < 4.78 is 0. The molecule has 0 spiro atoms. The van der Waals surface area contributed by atoms with E-state index in [1.54, 1.807) is 30.3 Å². The minimum atomic E-state index is -3.86. The predicted octanol–water partition coefficient (Wildman–Crippen LogP) is 3.00. The van der Waals surface area contributed by atoms with Crippen molar-refractivity contribution in [2.45, 2.75) is 42.4 Å². The number of nitriles is 1. The second-order valence-corrected chi connectivity index (χ2v) is 10.2. The highest BCUT2D eigenvalue weighted by molar-refractivity contribution is 6.28. The lowest BCUT2D eigenvalue weighted by molar-refractivity contribution is -0.287. The SMILES string of the molecule is N#Cc1ccc2c(c1)C1CCCN(OC(C(=O)O)(C(=O)c3ccccc3)C(O)(C(=O)O)C(=O)c3ccccc3)C1C2. The lowest BCUT2D eigenvalue weighted by atomic mass is 9.73. The molecule has 10 nitrogen and oxygen atoms in total. The van der Waals surface area contributed by atoms with Crippen LogP contribution in [0.25, 0.3) is 0 Å². The molecule has 10 heteroatoms. The number of Topliss-reactive ketones (excluding diaryl/α,β-unsaturated/α-hetero) is 2. The van der Waals surface area contributed by atoms with E-state index in [1.807, 2.05) is 0 Å². The Morgan fingerprint density at radius 2 is 1.49 bits per heavy atom. The van der Waals surface area contributed by atoms with Gasteiger partial charge in [0.15, 0.2) is 0 Å². The maximum atomic E-state index is 14.1. The average molecular weight is 555 g/mol. The van der Waals surface area contributed by atoms with E-state index in [0.29, 0.717) is 24.8 Å². The summed E-state index contributed by atoms with van der Waals surface area (Å²) in [5.74, 6) is -7.51. The monoisotopic (exact) mass is 554 g/mol. The number of aliphatic hydroxyl groups is 1. The number of rotatable bonds is 9. The van der Waals surface area contributed by atoms with Crippen molar-refractivity contribution in [3.8, 4) is 6.07 Å². The van der Waals surface area contributed by atoms with Gasteiger partial charge in [0.2, 0.25) is 11.6 Å². The number of hydrogen-bond donors (Lipinski definition) is 3. The maximum Gasteiger partial charge on any atom is 0.350 e. The van der Waals surface area contributed by atoms with Crippen LogP contribution in [0.5, 0.6) is 0 Å². The van der Waals surface area contributed by atoms with Crippen molar-refractivity contribution in [3.05, 3.63) is 107 Å². The van der Waals surface area contributed by atoms with Gasteiger partial charge in [-0.3, -0.25) is 14.4 Å². The highest BCUT2D eigenvalue weighted by Crippen LogP contribution is 2.45. The van der Waals surface area contributed by atoms with Gasteiger partial charge in [0.1, 0.15) is 0 Å². The van der Waals surface area contributed by atoms with Gasteiger partial charge in [0, 0.05) is 29.6 Å².